The zero-order valence-corrected chi connectivity index (χ0v) is 22.4. The standard InChI is InChI=1S/C40H25N/c1-3-9-26(10-4-1)28-18-21-38-36(24-28)37-25-30(19-22-39(37)41(38)31-13-5-2-6-14-31)29-17-20-32-33-15-7-11-27-12-8-16-34(40(27)33)35(32)23-29/h1-25H. The van der Waals surface area contributed by atoms with Gasteiger partial charge >= 0.3 is 0 Å². The van der Waals surface area contributed by atoms with Crippen molar-refractivity contribution in [2.45, 2.75) is 0 Å². The lowest BCUT2D eigenvalue weighted by molar-refractivity contribution is 1.18. The van der Waals surface area contributed by atoms with E-state index in [1.807, 2.05) is 0 Å². The minimum Gasteiger partial charge on any atom is -0.309 e. The van der Waals surface area contributed by atoms with Crippen molar-refractivity contribution in [2.75, 3.05) is 0 Å². The predicted octanol–water partition coefficient (Wildman–Crippen LogP) is 10.9. The second kappa shape index (κ2) is 8.55. The maximum absolute atomic E-state index is 2.39. The molecule has 7 aromatic carbocycles. The van der Waals surface area contributed by atoms with Crippen LogP contribution in [0.1, 0.15) is 0 Å². The quantitative estimate of drug-likeness (QED) is 0.219. The predicted molar refractivity (Wildman–Crippen MR) is 174 cm³/mol. The van der Waals surface area contributed by atoms with E-state index >= 15 is 0 Å². The van der Waals surface area contributed by atoms with Gasteiger partial charge in [-0.2, -0.15) is 0 Å². The molecular weight excluding hydrogens is 494 g/mol. The van der Waals surface area contributed by atoms with E-state index in [0.29, 0.717) is 0 Å². The number of benzene rings is 7. The van der Waals surface area contributed by atoms with Gasteiger partial charge in [-0.1, -0.05) is 109 Å². The summed E-state index contributed by atoms with van der Waals surface area (Å²) in [5.41, 5.74) is 13.9. The molecule has 0 amide bonds. The fourth-order valence-electron chi connectivity index (χ4n) is 6.84. The average molecular weight is 520 g/mol. The van der Waals surface area contributed by atoms with Gasteiger partial charge in [-0.05, 0) is 97.7 Å². The third kappa shape index (κ3) is 3.30. The third-order valence-electron chi connectivity index (χ3n) is 8.72. The molecule has 190 valence electrons. The fraction of sp³-hybridized carbons (Fsp3) is 0. The van der Waals surface area contributed by atoms with Gasteiger partial charge < -0.3 is 4.57 Å². The van der Waals surface area contributed by atoms with Crippen LogP contribution in [0.4, 0.5) is 0 Å². The van der Waals surface area contributed by atoms with Crippen LogP contribution in [0.25, 0.3) is 82.8 Å². The first kappa shape index (κ1) is 22.4. The van der Waals surface area contributed by atoms with Crippen molar-refractivity contribution in [1.82, 2.24) is 4.57 Å². The van der Waals surface area contributed by atoms with E-state index in [1.54, 1.807) is 0 Å². The number of nitrogens with zero attached hydrogens (tertiary/aromatic N) is 1. The highest BCUT2D eigenvalue weighted by Gasteiger charge is 2.22. The topological polar surface area (TPSA) is 4.93 Å². The molecule has 0 fully saturated rings. The summed E-state index contributed by atoms with van der Waals surface area (Å²) in [4.78, 5) is 0. The first-order valence-electron chi connectivity index (χ1n) is 14.2. The summed E-state index contributed by atoms with van der Waals surface area (Å²) in [5, 5.41) is 5.22. The van der Waals surface area contributed by atoms with Crippen LogP contribution in [0.5, 0.6) is 0 Å². The molecule has 0 radical (unpaired) electrons. The van der Waals surface area contributed by atoms with Crippen LogP contribution in [0, 0.1) is 0 Å². The number of para-hydroxylation sites is 1. The molecule has 0 N–H and O–H groups in total. The molecule has 0 aliphatic heterocycles. The monoisotopic (exact) mass is 519 g/mol. The fourth-order valence-corrected chi connectivity index (χ4v) is 6.84. The largest absolute Gasteiger partial charge is 0.309 e. The van der Waals surface area contributed by atoms with Crippen molar-refractivity contribution in [3.05, 3.63) is 152 Å². The van der Waals surface area contributed by atoms with Gasteiger partial charge in [-0.3, -0.25) is 0 Å². The molecule has 0 bridgehead atoms. The van der Waals surface area contributed by atoms with Crippen LogP contribution < -0.4 is 0 Å². The van der Waals surface area contributed by atoms with E-state index in [9.17, 15) is 0 Å². The number of hydrogen-bond donors (Lipinski definition) is 0. The lowest BCUT2D eigenvalue weighted by Crippen LogP contribution is -1.93. The van der Waals surface area contributed by atoms with Crippen molar-refractivity contribution in [3.8, 4) is 50.2 Å². The molecule has 1 aliphatic rings. The van der Waals surface area contributed by atoms with E-state index in [4.69, 9.17) is 0 Å². The van der Waals surface area contributed by atoms with Crippen molar-refractivity contribution < 1.29 is 0 Å². The van der Waals surface area contributed by atoms with Crippen molar-refractivity contribution in [1.29, 1.82) is 0 Å². The molecule has 1 heterocycles. The average Bonchev–Trinajstić information content (AvgIpc) is 3.55. The van der Waals surface area contributed by atoms with Crippen molar-refractivity contribution in [3.63, 3.8) is 0 Å². The van der Waals surface area contributed by atoms with E-state index in [0.717, 1.165) is 0 Å². The van der Waals surface area contributed by atoms with E-state index in [2.05, 4.69) is 156 Å². The Balaban J connectivity index is 1.27. The molecule has 1 aliphatic carbocycles. The summed E-state index contributed by atoms with van der Waals surface area (Å²) in [6.45, 7) is 0. The molecule has 1 nitrogen and oxygen atoms in total. The summed E-state index contributed by atoms with van der Waals surface area (Å²) >= 11 is 0. The number of fused-ring (bicyclic) bond motifs is 6. The lowest BCUT2D eigenvalue weighted by Gasteiger charge is -2.09. The van der Waals surface area contributed by atoms with Gasteiger partial charge in [-0.15, -0.1) is 0 Å². The molecule has 0 saturated heterocycles. The molecule has 41 heavy (non-hydrogen) atoms. The molecule has 9 rings (SSSR count). The van der Waals surface area contributed by atoms with Gasteiger partial charge in [-0.25, -0.2) is 0 Å². The Labute approximate surface area is 238 Å². The van der Waals surface area contributed by atoms with Gasteiger partial charge in [0.2, 0.25) is 0 Å². The van der Waals surface area contributed by atoms with E-state index in [-0.39, 0.29) is 0 Å². The van der Waals surface area contributed by atoms with Crippen LogP contribution >= 0.6 is 0 Å². The Kier molecular flexibility index (Phi) is 4.67. The Bertz CT molecular complexity index is 2280. The van der Waals surface area contributed by atoms with Crippen LogP contribution in [0.3, 0.4) is 0 Å². The second-order valence-corrected chi connectivity index (χ2v) is 11.0. The second-order valence-electron chi connectivity index (χ2n) is 11.0. The Morgan fingerprint density at radius 1 is 0.341 bits per heavy atom. The molecule has 0 spiro atoms. The highest BCUT2D eigenvalue weighted by Crippen LogP contribution is 2.48. The number of aromatic nitrogens is 1. The minimum atomic E-state index is 1.18. The molecule has 0 atom stereocenters. The SMILES string of the molecule is c1ccc(-c2ccc3c(c2)c2cc(-c4ccc5c(c4)-c4cccc6cccc-5c46)ccc2n3-c2ccccc2)cc1. The maximum Gasteiger partial charge on any atom is 0.0541 e. The van der Waals surface area contributed by atoms with E-state index in [1.165, 1.54) is 82.8 Å². The Hall–Kier alpha value is -5.40. The molecule has 1 aromatic heterocycles. The summed E-state index contributed by atoms with van der Waals surface area (Å²) < 4.78 is 2.39. The lowest BCUT2D eigenvalue weighted by atomic mass is 9.96. The smallest absolute Gasteiger partial charge is 0.0541 e. The minimum absolute atomic E-state index is 1.18. The van der Waals surface area contributed by atoms with Crippen LogP contribution in [0.2, 0.25) is 0 Å². The molecule has 1 heteroatoms. The van der Waals surface area contributed by atoms with Crippen LogP contribution in [-0.4, -0.2) is 4.57 Å². The van der Waals surface area contributed by atoms with E-state index < -0.39 is 0 Å². The summed E-state index contributed by atoms with van der Waals surface area (Å²) in [6.07, 6.45) is 0. The van der Waals surface area contributed by atoms with Gasteiger partial charge in [0.25, 0.3) is 0 Å². The number of rotatable bonds is 3. The van der Waals surface area contributed by atoms with Gasteiger partial charge in [0.15, 0.2) is 0 Å². The first-order valence-corrected chi connectivity index (χ1v) is 14.2. The van der Waals surface area contributed by atoms with Gasteiger partial charge in [0, 0.05) is 16.5 Å². The normalized spacial score (nSPS) is 11.9. The summed E-state index contributed by atoms with van der Waals surface area (Å²) in [7, 11) is 0. The molecule has 8 aromatic rings. The van der Waals surface area contributed by atoms with Crippen LogP contribution in [0.15, 0.2) is 152 Å². The zero-order chi connectivity index (χ0) is 26.9. The zero-order valence-electron chi connectivity index (χ0n) is 22.4. The van der Waals surface area contributed by atoms with Gasteiger partial charge in [0.05, 0.1) is 11.0 Å². The summed E-state index contributed by atoms with van der Waals surface area (Å²) in [5.74, 6) is 0. The molecule has 0 unspecified atom stereocenters. The Morgan fingerprint density at radius 3 is 1.59 bits per heavy atom. The van der Waals surface area contributed by atoms with Crippen molar-refractivity contribution >= 4 is 32.6 Å². The third-order valence-corrected chi connectivity index (χ3v) is 8.72. The Morgan fingerprint density at radius 2 is 0.902 bits per heavy atom. The summed E-state index contributed by atoms with van der Waals surface area (Å²) in [6, 6.07) is 55.5. The van der Waals surface area contributed by atoms with Crippen LogP contribution in [-0.2, 0) is 0 Å². The highest BCUT2D eigenvalue weighted by atomic mass is 15.0. The highest BCUT2D eigenvalue weighted by molar-refractivity contribution is 6.16. The molecular formula is C40H25N. The van der Waals surface area contributed by atoms with Crippen molar-refractivity contribution in [2.24, 2.45) is 0 Å². The van der Waals surface area contributed by atoms with Gasteiger partial charge in [0.1, 0.15) is 0 Å². The molecule has 0 saturated carbocycles. The number of hydrogen-bond acceptors (Lipinski definition) is 0. The maximum atomic E-state index is 2.39. The first-order chi connectivity index (χ1) is 20.3.